The normalized spacial score (nSPS) is 14.5. The van der Waals surface area contributed by atoms with Gasteiger partial charge in [0.05, 0.1) is 19.2 Å². The molecule has 9 nitrogen and oxygen atoms in total. The van der Waals surface area contributed by atoms with Crippen molar-refractivity contribution in [2.24, 2.45) is 5.73 Å². The first-order valence-electron chi connectivity index (χ1n) is 17.6. The van der Waals surface area contributed by atoms with Crippen molar-refractivity contribution in [2.75, 3.05) is 32.1 Å². The summed E-state index contributed by atoms with van der Waals surface area (Å²) in [5.74, 6) is -1.28. The molecule has 0 aromatic heterocycles. The lowest BCUT2D eigenvalue weighted by molar-refractivity contribution is -0.118. The van der Waals surface area contributed by atoms with Crippen LogP contribution < -0.4 is 11.1 Å². The number of hydrogen-bond donors (Lipinski definition) is 2. The molecule has 1 aliphatic rings. The van der Waals surface area contributed by atoms with Crippen LogP contribution in [0.2, 0.25) is 0 Å². The van der Waals surface area contributed by atoms with Gasteiger partial charge in [0.1, 0.15) is 0 Å². The van der Waals surface area contributed by atoms with Crippen molar-refractivity contribution in [1.29, 1.82) is 0 Å². The first-order chi connectivity index (χ1) is 23.9. The molecule has 1 unspecified atom stereocenters. The maximum absolute atomic E-state index is 14.3. The number of nitrogens with one attached hydrogen (secondary N) is 1. The van der Waals surface area contributed by atoms with Gasteiger partial charge in [-0.05, 0) is 77.3 Å². The van der Waals surface area contributed by atoms with Gasteiger partial charge in [-0.15, -0.1) is 0 Å². The summed E-state index contributed by atoms with van der Waals surface area (Å²) in [7, 11) is 1.53. The van der Waals surface area contributed by atoms with Gasteiger partial charge in [-0.1, -0.05) is 95.5 Å². The Kier molecular flexibility index (Phi) is 13.5. The first kappa shape index (κ1) is 38.0. The van der Waals surface area contributed by atoms with Crippen molar-refractivity contribution in [3.63, 3.8) is 0 Å². The molecule has 0 fully saturated rings. The summed E-state index contributed by atoms with van der Waals surface area (Å²) in [6.07, 6.45) is 9.51. The molecular weight excluding hydrogens is 628 g/mol. The van der Waals surface area contributed by atoms with E-state index in [0.717, 1.165) is 36.0 Å². The quantitative estimate of drug-likeness (QED) is 0.125. The Hall–Kier alpha value is -4.76. The number of amides is 4. The minimum atomic E-state index is -0.603. The van der Waals surface area contributed by atoms with Gasteiger partial charge in [-0.25, -0.2) is 0 Å². The number of benzene rings is 3. The van der Waals surface area contributed by atoms with E-state index in [4.69, 9.17) is 10.5 Å². The molecule has 3 aromatic carbocycles. The molecule has 266 valence electrons. The smallest absolute Gasteiger partial charge is 0.255 e. The second-order valence-corrected chi connectivity index (χ2v) is 14.0. The fourth-order valence-electron chi connectivity index (χ4n) is 6.17. The number of carbonyl (C=O) groups excluding carboxylic acids is 4. The number of nitrogens with zero attached hydrogens (tertiary/aromatic N) is 2. The standard InChI is InChI=1S/C41H52N4O5/c1-6-7-8-9-10-11-12-38(47)43-34-22-19-32-25-36(30-17-20-33(21-18-30)41(2,3)4)45(40(49)35(32)26-34)27-29-13-15-31(16-14-29)39(48)44(23-24-50-5)28-37(42)46/h11-22,26,36H,6-10,23-25,27-28H2,1-5H3,(H2,42,46)(H,43,47). The summed E-state index contributed by atoms with van der Waals surface area (Å²) in [5.41, 5.74) is 10.9. The minimum Gasteiger partial charge on any atom is -0.383 e. The minimum absolute atomic E-state index is 0.00591. The van der Waals surface area contributed by atoms with Gasteiger partial charge in [0.2, 0.25) is 11.8 Å². The van der Waals surface area contributed by atoms with Crippen LogP contribution in [-0.2, 0) is 32.7 Å². The van der Waals surface area contributed by atoms with E-state index in [2.05, 4.69) is 57.3 Å². The van der Waals surface area contributed by atoms with E-state index in [9.17, 15) is 19.2 Å². The molecule has 0 saturated heterocycles. The molecule has 1 aliphatic heterocycles. The number of ether oxygens (including phenoxy) is 1. The molecule has 4 amide bonds. The number of anilines is 1. The van der Waals surface area contributed by atoms with Crippen molar-refractivity contribution in [1.82, 2.24) is 9.80 Å². The van der Waals surface area contributed by atoms with Gasteiger partial charge >= 0.3 is 0 Å². The maximum atomic E-state index is 14.3. The summed E-state index contributed by atoms with van der Waals surface area (Å²) in [6, 6.07) is 20.9. The molecule has 50 heavy (non-hydrogen) atoms. The number of nitrogens with two attached hydrogens (primary N) is 1. The zero-order valence-electron chi connectivity index (χ0n) is 30.2. The summed E-state index contributed by atoms with van der Waals surface area (Å²) < 4.78 is 5.10. The van der Waals surface area contributed by atoms with Crippen LogP contribution in [0, 0.1) is 0 Å². The molecule has 0 aliphatic carbocycles. The van der Waals surface area contributed by atoms with Gasteiger partial charge < -0.3 is 25.6 Å². The number of fused-ring (bicyclic) bond motifs is 1. The van der Waals surface area contributed by atoms with Crippen molar-refractivity contribution < 1.29 is 23.9 Å². The summed E-state index contributed by atoms with van der Waals surface area (Å²) in [6.45, 7) is 9.30. The molecular formula is C41H52N4O5. The Labute approximate surface area is 296 Å². The molecule has 0 bridgehead atoms. The second-order valence-electron chi connectivity index (χ2n) is 14.0. The lowest BCUT2D eigenvalue weighted by Gasteiger charge is -2.37. The Bertz CT molecular complexity index is 1660. The van der Waals surface area contributed by atoms with E-state index in [1.165, 1.54) is 30.4 Å². The van der Waals surface area contributed by atoms with Gasteiger partial charge in [0, 0.05) is 37.0 Å². The molecule has 1 atom stereocenters. The van der Waals surface area contributed by atoms with Gasteiger partial charge in [0.15, 0.2) is 0 Å². The van der Waals surface area contributed by atoms with E-state index in [1.807, 2.05) is 35.2 Å². The maximum Gasteiger partial charge on any atom is 0.255 e. The number of hydrogen-bond acceptors (Lipinski definition) is 5. The Morgan fingerprint density at radius 2 is 1.72 bits per heavy atom. The molecule has 0 radical (unpaired) electrons. The zero-order chi connectivity index (χ0) is 36.3. The first-order valence-corrected chi connectivity index (χ1v) is 17.6. The average molecular weight is 681 g/mol. The molecule has 3 N–H and O–H groups in total. The molecule has 1 heterocycles. The molecule has 0 spiro atoms. The van der Waals surface area contributed by atoms with E-state index >= 15 is 0 Å². The summed E-state index contributed by atoms with van der Waals surface area (Å²) >= 11 is 0. The predicted molar refractivity (Wildman–Crippen MR) is 198 cm³/mol. The van der Waals surface area contributed by atoms with Crippen molar-refractivity contribution >= 4 is 29.3 Å². The highest BCUT2D eigenvalue weighted by atomic mass is 16.5. The Morgan fingerprint density at radius 1 is 1.00 bits per heavy atom. The predicted octanol–water partition coefficient (Wildman–Crippen LogP) is 6.96. The van der Waals surface area contributed by atoms with Crippen LogP contribution in [0.15, 0.2) is 78.9 Å². The highest BCUT2D eigenvalue weighted by Crippen LogP contribution is 2.36. The van der Waals surface area contributed by atoms with Crippen molar-refractivity contribution in [2.45, 2.75) is 84.2 Å². The molecule has 0 saturated carbocycles. The highest BCUT2D eigenvalue weighted by molar-refractivity contribution is 6.02. The van der Waals surface area contributed by atoms with Crippen LogP contribution in [0.3, 0.4) is 0 Å². The second kappa shape index (κ2) is 17.8. The van der Waals surface area contributed by atoms with Crippen LogP contribution in [0.4, 0.5) is 5.69 Å². The Morgan fingerprint density at radius 3 is 2.36 bits per heavy atom. The third-order valence-electron chi connectivity index (χ3n) is 9.07. The lowest BCUT2D eigenvalue weighted by atomic mass is 9.84. The van der Waals surface area contributed by atoms with E-state index in [-0.39, 0.29) is 48.9 Å². The van der Waals surface area contributed by atoms with E-state index in [0.29, 0.717) is 29.8 Å². The lowest BCUT2D eigenvalue weighted by Crippen LogP contribution is -2.40. The van der Waals surface area contributed by atoms with Gasteiger partial charge in [0.25, 0.3) is 11.8 Å². The zero-order valence-corrected chi connectivity index (χ0v) is 30.2. The largest absolute Gasteiger partial charge is 0.383 e. The SMILES string of the molecule is CCCCCCC=CC(=O)Nc1ccc2c(c1)C(=O)N(Cc1ccc(C(=O)N(CCOC)CC(N)=O)cc1)C(c1ccc(C(C)(C)C)cc1)C2. The van der Waals surface area contributed by atoms with E-state index < -0.39 is 5.91 Å². The van der Waals surface area contributed by atoms with Crippen LogP contribution in [-0.4, -0.2) is 60.2 Å². The van der Waals surface area contributed by atoms with Crippen molar-refractivity contribution in [3.05, 3.63) is 112 Å². The highest BCUT2D eigenvalue weighted by Gasteiger charge is 2.34. The summed E-state index contributed by atoms with van der Waals surface area (Å²) in [5, 5.41) is 2.92. The third kappa shape index (κ3) is 10.4. The topological polar surface area (TPSA) is 122 Å². The average Bonchev–Trinajstić information content (AvgIpc) is 3.09. The summed E-state index contributed by atoms with van der Waals surface area (Å²) in [4.78, 5) is 55.0. The van der Waals surface area contributed by atoms with Crippen LogP contribution in [0.1, 0.15) is 109 Å². The van der Waals surface area contributed by atoms with Crippen LogP contribution in [0.5, 0.6) is 0 Å². The number of primary amides is 1. The molecule has 9 heteroatoms. The number of methoxy groups -OCH3 is 1. The van der Waals surface area contributed by atoms with Gasteiger partial charge in [-0.2, -0.15) is 0 Å². The number of allylic oxidation sites excluding steroid dienone is 1. The monoisotopic (exact) mass is 680 g/mol. The number of carbonyl (C=O) groups is 4. The van der Waals surface area contributed by atoms with Crippen LogP contribution in [0.25, 0.3) is 0 Å². The fourth-order valence-corrected chi connectivity index (χ4v) is 6.17. The van der Waals surface area contributed by atoms with Crippen molar-refractivity contribution in [3.8, 4) is 0 Å². The van der Waals surface area contributed by atoms with Gasteiger partial charge in [-0.3, -0.25) is 19.2 Å². The Balaban J connectivity index is 1.58. The fraction of sp³-hybridized carbons (Fsp3) is 0.415. The molecule has 4 rings (SSSR count). The van der Waals surface area contributed by atoms with E-state index in [1.54, 1.807) is 24.3 Å². The third-order valence-corrected chi connectivity index (χ3v) is 9.07. The van der Waals surface area contributed by atoms with Crippen LogP contribution >= 0.6 is 0 Å². The molecule has 3 aromatic rings. The number of unbranched alkanes of at least 4 members (excludes halogenated alkanes) is 4. The number of rotatable bonds is 16.